The van der Waals surface area contributed by atoms with Gasteiger partial charge in [0.1, 0.15) is 35.2 Å². The first-order valence-corrected chi connectivity index (χ1v) is 32.0. The van der Waals surface area contributed by atoms with Crippen LogP contribution in [-0.4, -0.2) is 71.9 Å². The minimum Gasteiger partial charge on any atom is -0.364 e. The van der Waals surface area contributed by atoms with Crippen molar-refractivity contribution in [1.82, 2.24) is 65.4 Å². The molecule has 1 saturated carbocycles. The number of imide groups is 1. The minimum absolute atomic E-state index is 0.0208. The number of carbonyl (C=O) groups excluding carboxylic acids is 2. The van der Waals surface area contributed by atoms with Crippen LogP contribution in [0.15, 0.2) is 75.8 Å². The standard InChI is InChI=1S/C10H15NO.C8H14N2.C8H11NO2.C8H13NO.C8H11NO.C7H13N3.C7H12N2O.2C7H11NO/c1-6(2)9-7(3)12-11-10(9)8-4-5-8;1-5(2)8-6(3)9-10-7(8)4;1-4(2)6-5(3)7(10)9-8(6)11;1-5(2)8-6(3)9-10-7(8)4;1-6(2)7-3-4-8(10)9-5-7;1-5(2)10-6(3)8-9-7(10)4;1-5(2)9-6(3)4-8-7(9)10;1-5(2)7-4-9-8-6(7)3;1-5(2)7-4-8-9-6(7)3/h6,8H,4-5H2,1-3H3;5H,1-4H3,(H,9,10);4H,1-3H3,(H,9,10,11);5H,1-4H3;3-6H,1-2H3,(H,9,10);5H,1-4H3;4-5H,1-3H3,(H,8,10);2*4-5H,1-3H3. The van der Waals surface area contributed by atoms with Gasteiger partial charge in [0.2, 0.25) is 5.56 Å². The van der Waals surface area contributed by atoms with Crippen LogP contribution in [-0.2, 0) is 9.59 Å². The van der Waals surface area contributed by atoms with Gasteiger partial charge in [-0.15, -0.1) is 10.2 Å². The maximum absolute atomic E-state index is 11.0. The zero-order valence-electron chi connectivity index (χ0n) is 60.4. The molecule has 8 aromatic rings. The number of aromatic amines is 3. The summed E-state index contributed by atoms with van der Waals surface area (Å²) in [6.45, 7) is 59.2. The SMILES string of the molecule is CC(C)c1ccc(=O)[nH]c1.CC1=C(C(C)C)C(=O)NC1=O.Cc1c[nH]c(=O)n1C(C)C.Cc1n[nH]c(C)c1C(C)C.Cc1nnc(C)n1C(C)C.Cc1noc(C)c1C(C)C.Cc1nocc1C(C)C.Cc1onc(C2CC2)c1C(C)C.Cc1oncc1C(C)C. The number of rotatable bonds is 10. The van der Waals surface area contributed by atoms with Crippen LogP contribution in [0.5, 0.6) is 0 Å². The number of carbonyl (C=O) groups is 2. The highest BCUT2D eigenvalue weighted by atomic mass is 16.5. The number of imidazole rings is 1. The molecule has 2 aliphatic rings. The predicted octanol–water partition coefficient (Wildman–Crippen LogP) is 16.4. The van der Waals surface area contributed by atoms with Crippen LogP contribution in [0.1, 0.15) is 294 Å². The first-order chi connectivity index (χ1) is 42.4. The highest BCUT2D eigenvalue weighted by Gasteiger charge is 2.31. The molecule has 9 heterocycles. The first-order valence-electron chi connectivity index (χ1n) is 32.0. The van der Waals surface area contributed by atoms with Crippen LogP contribution >= 0.6 is 0 Å². The molecule has 91 heavy (non-hydrogen) atoms. The molecule has 21 heteroatoms. The van der Waals surface area contributed by atoms with E-state index in [0.717, 1.165) is 51.7 Å². The minimum atomic E-state index is -0.251. The summed E-state index contributed by atoms with van der Waals surface area (Å²) in [6.07, 6.45) is 9.56. The second kappa shape index (κ2) is 37.4. The molecule has 0 radical (unpaired) electrons. The van der Waals surface area contributed by atoms with Crippen molar-refractivity contribution < 1.29 is 27.7 Å². The summed E-state index contributed by atoms with van der Waals surface area (Å²) in [5.41, 5.74) is 15.2. The molecule has 0 bridgehead atoms. The Bertz CT molecular complexity index is 3370. The molecule has 10 rings (SSSR count). The largest absolute Gasteiger partial charge is 0.364 e. The topological polar surface area (TPSA) is 280 Å². The van der Waals surface area contributed by atoms with Crippen LogP contribution < -0.4 is 16.6 Å². The average Bonchev–Trinajstić information content (AvgIpc) is 1.67. The molecule has 0 atom stereocenters. The molecule has 4 N–H and O–H groups in total. The Morgan fingerprint density at radius 1 is 0.505 bits per heavy atom. The van der Waals surface area contributed by atoms with Crippen LogP contribution in [0, 0.1) is 75.2 Å². The van der Waals surface area contributed by atoms with Gasteiger partial charge in [-0.25, -0.2) is 4.79 Å². The smallest absolute Gasteiger partial charge is 0.325 e. The van der Waals surface area contributed by atoms with E-state index < -0.39 is 0 Å². The third-order valence-corrected chi connectivity index (χ3v) is 15.1. The first kappa shape index (κ1) is 79.1. The van der Waals surface area contributed by atoms with Crippen molar-refractivity contribution >= 4 is 11.8 Å². The fourth-order valence-corrected chi connectivity index (χ4v) is 10.6. The number of amides is 2. The molecule has 8 aromatic heterocycles. The van der Waals surface area contributed by atoms with Crippen molar-refractivity contribution in [2.24, 2.45) is 5.92 Å². The number of aryl methyl sites for hydroxylation is 10. The van der Waals surface area contributed by atoms with Crippen LogP contribution in [0.4, 0.5) is 0 Å². The van der Waals surface area contributed by atoms with Crippen LogP contribution in [0.3, 0.4) is 0 Å². The lowest BCUT2D eigenvalue weighted by Gasteiger charge is -2.08. The van der Waals surface area contributed by atoms with Crippen LogP contribution in [0.2, 0.25) is 0 Å². The molecule has 0 unspecified atom stereocenters. The number of pyridine rings is 1. The van der Waals surface area contributed by atoms with Crippen LogP contribution in [0.25, 0.3) is 0 Å². The Labute approximate surface area is 541 Å². The van der Waals surface area contributed by atoms with Gasteiger partial charge < -0.3 is 32.6 Å². The van der Waals surface area contributed by atoms with E-state index in [9.17, 15) is 19.2 Å². The highest BCUT2D eigenvalue weighted by Crippen LogP contribution is 2.43. The summed E-state index contributed by atoms with van der Waals surface area (Å²) >= 11 is 0. The van der Waals surface area contributed by atoms with Crippen molar-refractivity contribution in [3.8, 4) is 0 Å². The normalized spacial score (nSPS) is 12.5. The Kier molecular flexibility index (Phi) is 32.5. The quantitative estimate of drug-likeness (QED) is 0.0926. The van der Waals surface area contributed by atoms with Gasteiger partial charge in [0, 0.05) is 81.2 Å². The van der Waals surface area contributed by atoms with E-state index in [1.165, 1.54) is 57.6 Å². The molecular formula is C70H111N13O8. The predicted molar refractivity (Wildman–Crippen MR) is 362 cm³/mol. The molecule has 1 aliphatic carbocycles. The lowest BCUT2D eigenvalue weighted by Crippen LogP contribution is -2.23. The maximum Gasteiger partial charge on any atom is 0.325 e. The van der Waals surface area contributed by atoms with E-state index >= 15 is 0 Å². The number of nitrogens with zero attached hydrogens (tertiary/aromatic N) is 9. The Morgan fingerprint density at radius 3 is 1.31 bits per heavy atom. The summed E-state index contributed by atoms with van der Waals surface area (Å²) in [6, 6.07) is 4.12. The van der Waals surface area contributed by atoms with Gasteiger partial charge in [0.25, 0.3) is 11.8 Å². The fraction of sp³-hybridized carbons (Fsp3) is 0.586. The number of hydrogen-bond acceptors (Lipinski definition) is 15. The summed E-state index contributed by atoms with van der Waals surface area (Å²) in [5.74, 6) is 8.41. The Balaban J connectivity index is 0.000000349. The molecule has 0 saturated heterocycles. The highest BCUT2D eigenvalue weighted by molar-refractivity contribution is 6.19. The summed E-state index contributed by atoms with van der Waals surface area (Å²) in [4.78, 5) is 48.8. The van der Waals surface area contributed by atoms with Gasteiger partial charge in [0.15, 0.2) is 0 Å². The number of H-pyrrole nitrogens is 3. The van der Waals surface area contributed by atoms with E-state index in [0.29, 0.717) is 58.6 Å². The van der Waals surface area contributed by atoms with Crippen molar-refractivity contribution in [3.05, 3.63) is 165 Å². The average molecular weight is 1260 g/mol. The van der Waals surface area contributed by atoms with Gasteiger partial charge in [0.05, 0.1) is 29.0 Å². The van der Waals surface area contributed by atoms with E-state index in [-0.39, 0.29) is 35.0 Å². The molecule has 2 amide bonds. The molecule has 0 spiro atoms. The zero-order valence-corrected chi connectivity index (χ0v) is 60.4. The zero-order chi connectivity index (χ0) is 69.5. The van der Waals surface area contributed by atoms with Gasteiger partial charge in [-0.05, 0) is 169 Å². The molecule has 1 fully saturated rings. The molecule has 504 valence electrons. The lowest BCUT2D eigenvalue weighted by atomic mass is 9.99. The van der Waals surface area contributed by atoms with E-state index in [1.807, 2.05) is 96.1 Å². The number of hydrogen-bond donors (Lipinski definition) is 4. The van der Waals surface area contributed by atoms with Gasteiger partial charge in [-0.1, -0.05) is 124 Å². The number of aromatic nitrogens is 12. The summed E-state index contributed by atoms with van der Waals surface area (Å²) in [7, 11) is 0. The second-order valence-electron chi connectivity index (χ2n) is 25.9. The van der Waals surface area contributed by atoms with Gasteiger partial charge in [-0.3, -0.25) is 29.4 Å². The van der Waals surface area contributed by atoms with Crippen molar-refractivity contribution in [2.45, 2.75) is 267 Å². The van der Waals surface area contributed by atoms with Crippen molar-refractivity contribution in [1.29, 1.82) is 0 Å². The summed E-state index contributed by atoms with van der Waals surface area (Å²) in [5, 5.41) is 32.6. The lowest BCUT2D eigenvalue weighted by molar-refractivity contribution is -0.124. The summed E-state index contributed by atoms with van der Waals surface area (Å²) < 4.78 is 23.7. The van der Waals surface area contributed by atoms with Crippen molar-refractivity contribution in [3.63, 3.8) is 0 Å². The monoisotopic (exact) mass is 1260 g/mol. The van der Waals surface area contributed by atoms with E-state index in [2.05, 4.69) is 165 Å². The van der Waals surface area contributed by atoms with E-state index in [4.69, 9.17) is 18.1 Å². The second-order valence-corrected chi connectivity index (χ2v) is 25.9. The van der Waals surface area contributed by atoms with Crippen molar-refractivity contribution in [2.75, 3.05) is 0 Å². The maximum atomic E-state index is 11.0. The Hall–Kier alpha value is -7.97. The fourth-order valence-electron chi connectivity index (χ4n) is 10.6. The van der Waals surface area contributed by atoms with Gasteiger partial charge in [-0.2, -0.15) is 5.10 Å². The molecule has 0 aromatic carbocycles. The van der Waals surface area contributed by atoms with Gasteiger partial charge >= 0.3 is 5.69 Å². The number of nitrogens with one attached hydrogen (secondary N) is 4. The van der Waals surface area contributed by atoms with E-state index in [1.54, 1.807) is 42.4 Å². The molecule has 1 aliphatic heterocycles. The third kappa shape index (κ3) is 24.6. The Morgan fingerprint density at radius 2 is 1.04 bits per heavy atom. The molecular weight excluding hydrogens is 1150 g/mol. The third-order valence-electron chi connectivity index (χ3n) is 15.1. The molecule has 21 nitrogen and oxygen atoms in total.